The van der Waals surface area contributed by atoms with Crippen LogP contribution in [0.3, 0.4) is 0 Å². The van der Waals surface area contributed by atoms with Crippen LogP contribution in [0, 0.1) is 6.92 Å². The molecule has 0 aromatic carbocycles. The summed E-state index contributed by atoms with van der Waals surface area (Å²) < 4.78 is 11.5. The van der Waals surface area contributed by atoms with E-state index in [0.29, 0.717) is 5.54 Å². The lowest BCUT2D eigenvalue weighted by molar-refractivity contribution is -0.145. The largest absolute Gasteiger partial charge is 0.353 e. The summed E-state index contributed by atoms with van der Waals surface area (Å²) in [5.74, 6) is 0. The van der Waals surface area contributed by atoms with Crippen molar-refractivity contribution in [1.29, 1.82) is 0 Å². The molecule has 0 aliphatic heterocycles. The van der Waals surface area contributed by atoms with Crippen molar-refractivity contribution in [2.45, 2.75) is 57.8 Å². The summed E-state index contributed by atoms with van der Waals surface area (Å²) in [7, 11) is 1.10. The van der Waals surface area contributed by atoms with E-state index in [-0.39, 0.29) is 6.29 Å². The first-order valence-corrected chi connectivity index (χ1v) is 7.44. The molecule has 0 aromatic rings. The average Bonchev–Trinajstić information content (AvgIpc) is 2.26. The Morgan fingerprint density at radius 3 is 1.87 bits per heavy atom. The zero-order chi connectivity index (χ0) is 11.5. The van der Waals surface area contributed by atoms with Gasteiger partial charge in [-0.15, -0.1) is 0 Å². The number of unbranched alkanes of at least 4 members (excludes halogenated alkanes) is 2. The molecule has 0 fully saturated rings. The van der Waals surface area contributed by atoms with Crippen molar-refractivity contribution in [2.24, 2.45) is 0 Å². The van der Waals surface area contributed by atoms with E-state index < -0.39 is 0 Å². The monoisotopic (exact) mass is 231 g/mol. The molecule has 0 amide bonds. The third kappa shape index (κ3) is 8.00. The molecule has 0 saturated carbocycles. The Hall–Kier alpha value is 0.137. The lowest BCUT2D eigenvalue weighted by Gasteiger charge is -2.23. The van der Waals surface area contributed by atoms with E-state index in [2.05, 4.69) is 20.8 Å². The number of hydrogen-bond acceptors (Lipinski definition) is 2. The highest BCUT2D eigenvalue weighted by Gasteiger charge is 2.16. The fourth-order valence-electron chi connectivity index (χ4n) is 1.20. The third-order valence-electron chi connectivity index (χ3n) is 2.48. The van der Waals surface area contributed by atoms with Crippen LogP contribution in [0.1, 0.15) is 46.0 Å². The van der Waals surface area contributed by atoms with E-state index in [1.807, 2.05) is 0 Å². The SMILES string of the molecule is [CH2]CC([SiH3])C(OCCCC)OCCCC. The Labute approximate surface area is 98.2 Å². The molecule has 3 heteroatoms. The van der Waals surface area contributed by atoms with Gasteiger partial charge in [0.1, 0.15) is 0 Å². The number of rotatable bonds is 10. The molecule has 1 atom stereocenters. The van der Waals surface area contributed by atoms with E-state index >= 15 is 0 Å². The maximum absolute atomic E-state index is 5.75. The highest BCUT2D eigenvalue weighted by molar-refractivity contribution is 6.11. The summed E-state index contributed by atoms with van der Waals surface area (Å²) >= 11 is 0. The van der Waals surface area contributed by atoms with Crippen molar-refractivity contribution in [3.05, 3.63) is 6.92 Å². The zero-order valence-electron chi connectivity index (χ0n) is 10.6. The quantitative estimate of drug-likeness (QED) is 0.326. The van der Waals surface area contributed by atoms with Gasteiger partial charge in [0.05, 0.1) is 0 Å². The number of ether oxygens (including phenoxy) is 2. The van der Waals surface area contributed by atoms with Crippen LogP contribution in [0.15, 0.2) is 0 Å². The second-order valence-electron chi connectivity index (χ2n) is 4.08. The molecule has 2 nitrogen and oxygen atoms in total. The molecule has 0 heterocycles. The van der Waals surface area contributed by atoms with Crippen LogP contribution in [0.5, 0.6) is 0 Å². The lowest BCUT2D eigenvalue weighted by Crippen LogP contribution is -2.24. The summed E-state index contributed by atoms with van der Waals surface area (Å²) in [5, 5.41) is 0. The summed E-state index contributed by atoms with van der Waals surface area (Å²) in [6.45, 7) is 9.94. The first-order chi connectivity index (χ1) is 7.26. The van der Waals surface area contributed by atoms with Gasteiger partial charge in [-0.25, -0.2) is 0 Å². The lowest BCUT2D eigenvalue weighted by atomic mass is 10.3. The van der Waals surface area contributed by atoms with Crippen LogP contribution >= 0.6 is 0 Å². The smallest absolute Gasteiger partial charge is 0.157 e. The van der Waals surface area contributed by atoms with E-state index in [1.54, 1.807) is 0 Å². The number of hydrogen-bond donors (Lipinski definition) is 0. The van der Waals surface area contributed by atoms with Gasteiger partial charge in [0.2, 0.25) is 0 Å². The molecule has 91 valence electrons. The summed E-state index contributed by atoms with van der Waals surface area (Å²) in [4.78, 5) is 0. The highest BCUT2D eigenvalue weighted by atomic mass is 28.1. The van der Waals surface area contributed by atoms with Gasteiger partial charge >= 0.3 is 0 Å². The van der Waals surface area contributed by atoms with Gasteiger partial charge in [0.15, 0.2) is 6.29 Å². The standard InChI is InChI=1S/C12H27O2Si/c1-4-7-9-13-12(11(15)6-3)14-10-8-5-2/h11-12H,3-10H2,1-2,15H3. The van der Waals surface area contributed by atoms with Gasteiger partial charge in [0, 0.05) is 23.5 Å². The first kappa shape index (κ1) is 15.1. The van der Waals surface area contributed by atoms with E-state index in [9.17, 15) is 0 Å². The Kier molecular flexibility index (Phi) is 10.7. The van der Waals surface area contributed by atoms with Crippen molar-refractivity contribution in [3.63, 3.8) is 0 Å². The maximum atomic E-state index is 5.75. The Morgan fingerprint density at radius 2 is 1.53 bits per heavy atom. The van der Waals surface area contributed by atoms with Crippen LogP contribution in [0.2, 0.25) is 5.54 Å². The molecular formula is C12H27O2Si. The fourth-order valence-corrected chi connectivity index (χ4v) is 1.59. The van der Waals surface area contributed by atoms with Crippen molar-refractivity contribution < 1.29 is 9.47 Å². The molecule has 0 aromatic heterocycles. The molecule has 1 unspecified atom stereocenters. The first-order valence-electron chi connectivity index (χ1n) is 6.28. The van der Waals surface area contributed by atoms with Crippen molar-refractivity contribution in [1.82, 2.24) is 0 Å². The van der Waals surface area contributed by atoms with Gasteiger partial charge in [-0.1, -0.05) is 33.6 Å². The molecule has 0 aliphatic carbocycles. The predicted molar refractivity (Wildman–Crippen MR) is 69.2 cm³/mol. The maximum Gasteiger partial charge on any atom is 0.157 e. The molecule has 0 bridgehead atoms. The molecule has 0 rings (SSSR count). The molecule has 1 radical (unpaired) electrons. The van der Waals surface area contributed by atoms with Crippen LogP contribution in [0.25, 0.3) is 0 Å². The van der Waals surface area contributed by atoms with E-state index in [4.69, 9.17) is 9.47 Å². The van der Waals surface area contributed by atoms with Gasteiger partial charge in [0.25, 0.3) is 0 Å². The predicted octanol–water partition coefficient (Wildman–Crippen LogP) is 2.32. The molecule has 0 saturated heterocycles. The highest BCUT2D eigenvalue weighted by Crippen LogP contribution is 2.16. The minimum atomic E-state index is 0.00673. The fraction of sp³-hybridized carbons (Fsp3) is 0.917. The van der Waals surface area contributed by atoms with E-state index in [0.717, 1.165) is 42.7 Å². The Balaban J connectivity index is 3.73. The second kappa shape index (κ2) is 10.6. The Morgan fingerprint density at radius 1 is 1.07 bits per heavy atom. The van der Waals surface area contributed by atoms with Crippen LogP contribution in [0.4, 0.5) is 0 Å². The van der Waals surface area contributed by atoms with Crippen LogP contribution in [-0.2, 0) is 9.47 Å². The molecule has 0 N–H and O–H groups in total. The second-order valence-corrected chi connectivity index (χ2v) is 5.57. The molecule has 0 spiro atoms. The topological polar surface area (TPSA) is 18.5 Å². The Bertz CT molecular complexity index is 121. The molecule has 15 heavy (non-hydrogen) atoms. The summed E-state index contributed by atoms with van der Waals surface area (Å²) in [5.41, 5.74) is 0.527. The van der Waals surface area contributed by atoms with Crippen LogP contribution in [-0.4, -0.2) is 29.7 Å². The van der Waals surface area contributed by atoms with Gasteiger partial charge < -0.3 is 9.47 Å². The summed E-state index contributed by atoms with van der Waals surface area (Å²) in [6, 6.07) is 0. The molecular weight excluding hydrogens is 204 g/mol. The van der Waals surface area contributed by atoms with Gasteiger partial charge in [-0.3, -0.25) is 0 Å². The minimum absolute atomic E-state index is 0.00673. The molecule has 0 aliphatic rings. The van der Waals surface area contributed by atoms with Crippen molar-refractivity contribution in [2.75, 3.05) is 13.2 Å². The van der Waals surface area contributed by atoms with Gasteiger partial charge in [-0.2, -0.15) is 0 Å². The van der Waals surface area contributed by atoms with Gasteiger partial charge in [-0.05, 0) is 24.8 Å². The van der Waals surface area contributed by atoms with Crippen molar-refractivity contribution >= 4 is 10.2 Å². The summed E-state index contributed by atoms with van der Waals surface area (Å²) in [6.07, 6.45) is 5.54. The van der Waals surface area contributed by atoms with Crippen LogP contribution < -0.4 is 0 Å². The minimum Gasteiger partial charge on any atom is -0.353 e. The normalized spacial score (nSPS) is 13.6. The van der Waals surface area contributed by atoms with E-state index in [1.165, 1.54) is 12.8 Å². The average molecular weight is 231 g/mol. The van der Waals surface area contributed by atoms with Crippen molar-refractivity contribution in [3.8, 4) is 0 Å². The third-order valence-corrected chi connectivity index (χ3v) is 3.60. The zero-order valence-corrected chi connectivity index (χ0v) is 12.6.